The number of nitrogens with zero attached hydrogens (tertiary/aromatic N) is 1. The van der Waals surface area contributed by atoms with E-state index in [1.807, 2.05) is 30.9 Å². The summed E-state index contributed by atoms with van der Waals surface area (Å²) in [5.74, 6) is -0.526. The largest absolute Gasteiger partial charge is 0.358 e. The van der Waals surface area contributed by atoms with E-state index in [0.717, 1.165) is 33.3 Å². The number of rotatable bonds is 3. The van der Waals surface area contributed by atoms with Crippen LogP contribution in [0.4, 0.5) is 10.1 Å². The Morgan fingerprint density at radius 2 is 1.86 bits per heavy atom. The van der Waals surface area contributed by atoms with E-state index in [-0.39, 0.29) is 23.7 Å². The highest BCUT2D eigenvalue weighted by atomic mass is 19.1. The fourth-order valence-corrected chi connectivity index (χ4v) is 3.80. The van der Waals surface area contributed by atoms with Crippen molar-refractivity contribution in [1.29, 1.82) is 0 Å². The maximum Gasteiger partial charge on any atom is 0.238 e. The first-order valence-electron chi connectivity index (χ1n) is 9.34. The van der Waals surface area contributed by atoms with E-state index in [9.17, 15) is 14.0 Å². The molecule has 0 bridgehead atoms. The van der Waals surface area contributed by atoms with Crippen molar-refractivity contribution in [3.05, 3.63) is 74.8 Å². The molecule has 0 fully saturated rings. The number of halogens is 1. The molecule has 0 saturated heterocycles. The van der Waals surface area contributed by atoms with Gasteiger partial charge in [-0.2, -0.15) is 0 Å². The summed E-state index contributed by atoms with van der Waals surface area (Å²) in [7, 11) is 0. The normalized spacial score (nSPS) is 14.1. The average Bonchev–Trinajstić information content (AvgIpc) is 2.67. The second-order valence-corrected chi connectivity index (χ2v) is 7.38. The van der Waals surface area contributed by atoms with Gasteiger partial charge in [-0.1, -0.05) is 12.1 Å². The third-order valence-electron chi connectivity index (χ3n) is 5.32. The predicted octanol–water partition coefficient (Wildman–Crippen LogP) is 3.28. The molecule has 144 valence electrons. The lowest BCUT2D eigenvalue weighted by Gasteiger charge is -2.28. The van der Waals surface area contributed by atoms with Crippen molar-refractivity contribution in [2.75, 3.05) is 18.4 Å². The Morgan fingerprint density at radius 3 is 2.61 bits per heavy atom. The number of anilines is 1. The molecule has 0 aliphatic carbocycles. The van der Waals surface area contributed by atoms with Gasteiger partial charge in [-0.05, 0) is 49.2 Å². The Kier molecular flexibility index (Phi) is 4.73. The predicted molar refractivity (Wildman–Crippen MR) is 108 cm³/mol. The van der Waals surface area contributed by atoms with Crippen LogP contribution in [0.1, 0.15) is 22.4 Å². The van der Waals surface area contributed by atoms with Crippen LogP contribution in [0.5, 0.6) is 0 Å². The summed E-state index contributed by atoms with van der Waals surface area (Å²) in [4.78, 5) is 30.9. The zero-order valence-electron chi connectivity index (χ0n) is 15.9. The number of carbonyl (C=O) groups is 1. The van der Waals surface area contributed by atoms with Gasteiger partial charge < -0.3 is 10.3 Å². The molecule has 1 amide bonds. The van der Waals surface area contributed by atoms with Gasteiger partial charge in [0, 0.05) is 41.8 Å². The van der Waals surface area contributed by atoms with E-state index in [1.165, 1.54) is 24.3 Å². The summed E-state index contributed by atoms with van der Waals surface area (Å²) in [5.41, 5.74) is 5.22. The first-order chi connectivity index (χ1) is 13.4. The second-order valence-electron chi connectivity index (χ2n) is 7.38. The summed E-state index contributed by atoms with van der Waals surface area (Å²) in [6, 6.07) is 9.66. The Morgan fingerprint density at radius 1 is 1.14 bits per heavy atom. The van der Waals surface area contributed by atoms with Gasteiger partial charge in [-0.3, -0.25) is 14.5 Å². The molecular formula is C22H22FN3O2. The topological polar surface area (TPSA) is 65.2 Å². The number of hydrogen-bond acceptors (Lipinski definition) is 3. The molecule has 1 aromatic heterocycles. The van der Waals surface area contributed by atoms with Crippen LogP contribution in [-0.2, 0) is 17.8 Å². The number of pyridine rings is 1. The Bertz CT molecular complexity index is 1120. The highest BCUT2D eigenvalue weighted by molar-refractivity contribution is 5.92. The smallest absolute Gasteiger partial charge is 0.238 e. The SMILES string of the molecule is Cc1ccc(C)c2c(=O)c3c([nH]c12)CCN(CC(=O)Nc1ccc(F)cc1)C3. The molecule has 2 heterocycles. The molecule has 3 aromatic rings. The van der Waals surface area contributed by atoms with Crippen molar-refractivity contribution in [1.82, 2.24) is 9.88 Å². The summed E-state index contributed by atoms with van der Waals surface area (Å²) < 4.78 is 13.0. The number of H-pyrrole nitrogens is 1. The van der Waals surface area contributed by atoms with Gasteiger partial charge in [0.1, 0.15) is 5.82 Å². The molecule has 0 radical (unpaired) electrons. The standard InChI is InChI=1S/C22H22FN3O2/c1-13-3-4-14(2)21-20(13)22(28)17-11-26(10-9-18(17)25-21)12-19(27)24-16-7-5-15(23)6-8-16/h3-8H,9-12H2,1-2H3,(H,24,27)(H,25,28). The van der Waals surface area contributed by atoms with E-state index >= 15 is 0 Å². The molecule has 0 spiro atoms. The van der Waals surface area contributed by atoms with E-state index in [4.69, 9.17) is 0 Å². The first-order valence-corrected chi connectivity index (χ1v) is 9.34. The number of amides is 1. The molecule has 0 saturated carbocycles. The van der Waals surface area contributed by atoms with Gasteiger partial charge in [0.2, 0.25) is 5.91 Å². The quantitative estimate of drug-likeness (QED) is 0.734. The summed E-state index contributed by atoms with van der Waals surface area (Å²) in [5, 5.41) is 3.50. The third kappa shape index (κ3) is 3.43. The molecule has 2 aromatic carbocycles. The van der Waals surface area contributed by atoms with Crippen LogP contribution < -0.4 is 10.7 Å². The van der Waals surface area contributed by atoms with Crippen LogP contribution in [0.25, 0.3) is 10.9 Å². The maximum atomic E-state index is 13.1. The van der Waals surface area contributed by atoms with Crippen molar-refractivity contribution in [3.8, 4) is 0 Å². The minimum atomic E-state index is -0.345. The first kappa shape index (κ1) is 18.4. The van der Waals surface area contributed by atoms with Crippen LogP contribution in [0.2, 0.25) is 0 Å². The molecule has 2 N–H and O–H groups in total. The van der Waals surface area contributed by atoms with Crippen molar-refractivity contribution in [2.45, 2.75) is 26.8 Å². The fourth-order valence-electron chi connectivity index (χ4n) is 3.80. The van der Waals surface area contributed by atoms with E-state index in [1.54, 1.807) is 0 Å². The molecule has 1 aliphatic heterocycles. The molecule has 0 atom stereocenters. The third-order valence-corrected chi connectivity index (χ3v) is 5.32. The van der Waals surface area contributed by atoms with Gasteiger partial charge in [0.05, 0.1) is 12.1 Å². The lowest BCUT2D eigenvalue weighted by molar-refractivity contribution is -0.117. The number of hydrogen-bond donors (Lipinski definition) is 2. The lowest BCUT2D eigenvalue weighted by Crippen LogP contribution is -2.39. The minimum Gasteiger partial charge on any atom is -0.358 e. The maximum absolute atomic E-state index is 13.1. The zero-order chi connectivity index (χ0) is 19.8. The highest BCUT2D eigenvalue weighted by Crippen LogP contribution is 2.22. The molecular weight excluding hydrogens is 357 g/mol. The summed E-state index contributed by atoms with van der Waals surface area (Å²) in [6.45, 7) is 5.25. The Hall–Kier alpha value is -2.99. The van der Waals surface area contributed by atoms with Crippen LogP contribution in [0.3, 0.4) is 0 Å². The van der Waals surface area contributed by atoms with Crippen molar-refractivity contribution in [2.24, 2.45) is 0 Å². The van der Waals surface area contributed by atoms with Gasteiger partial charge >= 0.3 is 0 Å². The van der Waals surface area contributed by atoms with Crippen molar-refractivity contribution < 1.29 is 9.18 Å². The minimum absolute atomic E-state index is 0.0496. The van der Waals surface area contributed by atoms with Crippen molar-refractivity contribution >= 4 is 22.5 Å². The average molecular weight is 379 g/mol. The van der Waals surface area contributed by atoms with E-state index in [0.29, 0.717) is 25.2 Å². The molecule has 1 aliphatic rings. The van der Waals surface area contributed by atoms with Gasteiger partial charge in [-0.15, -0.1) is 0 Å². The van der Waals surface area contributed by atoms with E-state index < -0.39 is 0 Å². The van der Waals surface area contributed by atoms with Gasteiger partial charge in [0.25, 0.3) is 0 Å². The summed E-state index contributed by atoms with van der Waals surface area (Å²) in [6.07, 6.45) is 0.692. The fraction of sp³-hybridized carbons (Fsp3) is 0.273. The Labute approximate surface area is 162 Å². The number of aromatic amines is 1. The second kappa shape index (κ2) is 7.20. The molecule has 6 heteroatoms. The lowest BCUT2D eigenvalue weighted by atomic mass is 9.98. The van der Waals surface area contributed by atoms with Crippen molar-refractivity contribution in [3.63, 3.8) is 0 Å². The monoisotopic (exact) mass is 379 g/mol. The van der Waals surface area contributed by atoms with E-state index in [2.05, 4.69) is 10.3 Å². The number of aryl methyl sites for hydroxylation is 2. The van der Waals surface area contributed by atoms with Gasteiger partial charge in [-0.25, -0.2) is 4.39 Å². The Balaban J connectivity index is 1.55. The van der Waals surface area contributed by atoms with Gasteiger partial charge in [0.15, 0.2) is 5.43 Å². The van der Waals surface area contributed by atoms with Crippen LogP contribution in [-0.4, -0.2) is 28.9 Å². The van der Waals surface area contributed by atoms with Crippen LogP contribution in [0, 0.1) is 19.7 Å². The molecule has 0 unspecified atom stereocenters. The molecule has 4 rings (SSSR count). The number of aromatic nitrogens is 1. The van der Waals surface area contributed by atoms with Crippen LogP contribution in [0.15, 0.2) is 41.2 Å². The number of nitrogens with one attached hydrogen (secondary N) is 2. The highest BCUT2D eigenvalue weighted by Gasteiger charge is 2.23. The molecule has 28 heavy (non-hydrogen) atoms. The number of fused-ring (bicyclic) bond motifs is 2. The molecule has 5 nitrogen and oxygen atoms in total. The van der Waals surface area contributed by atoms with Crippen LogP contribution >= 0.6 is 0 Å². The number of benzene rings is 2. The number of carbonyl (C=O) groups excluding carboxylic acids is 1. The zero-order valence-corrected chi connectivity index (χ0v) is 15.9. The summed E-state index contributed by atoms with van der Waals surface area (Å²) >= 11 is 0.